The van der Waals surface area contributed by atoms with E-state index in [-0.39, 0.29) is 12.5 Å². The summed E-state index contributed by atoms with van der Waals surface area (Å²) in [5.41, 5.74) is 0.988. The third-order valence-corrected chi connectivity index (χ3v) is 5.17. The molecule has 1 aromatic rings. The summed E-state index contributed by atoms with van der Waals surface area (Å²) in [5.74, 6) is 1.45. The van der Waals surface area contributed by atoms with Crippen LogP contribution in [0.1, 0.15) is 38.2 Å². The minimum atomic E-state index is -0.316. The van der Waals surface area contributed by atoms with Crippen molar-refractivity contribution >= 4 is 23.3 Å². The highest BCUT2D eigenvalue weighted by Crippen LogP contribution is 2.39. The van der Waals surface area contributed by atoms with Crippen LogP contribution in [0, 0.1) is 0 Å². The van der Waals surface area contributed by atoms with Crippen molar-refractivity contribution in [3.05, 3.63) is 17.7 Å². The molecule has 0 atom stereocenters. The molecule has 0 unspecified atom stereocenters. The van der Waals surface area contributed by atoms with Gasteiger partial charge in [0, 0.05) is 12.6 Å². The van der Waals surface area contributed by atoms with Crippen LogP contribution in [-0.2, 0) is 16.1 Å². The molecule has 8 heteroatoms. The first kappa shape index (κ1) is 22.1. The molecular weight excluding hydrogens is 380 g/mol. The Hall–Kier alpha value is -2.22. The molecule has 0 heterocycles. The average molecular weight is 411 g/mol. The molecule has 156 valence electrons. The lowest BCUT2D eigenvalue weighted by Crippen LogP contribution is -2.46. The van der Waals surface area contributed by atoms with Gasteiger partial charge in [-0.2, -0.15) is 0 Å². The molecule has 0 aromatic heterocycles. The van der Waals surface area contributed by atoms with E-state index < -0.39 is 0 Å². The third kappa shape index (κ3) is 5.64. The number of methoxy groups -OCH3 is 3. The number of nitrogens with zero attached hydrogens (tertiary/aromatic N) is 1. The molecular formula is C20H30N2O5S. The van der Waals surface area contributed by atoms with Crippen molar-refractivity contribution in [2.24, 2.45) is 0 Å². The third-order valence-electron chi connectivity index (χ3n) is 4.79. The monoisotopic (exact) mass is 410 g/mol. The van der Waals surface area contributed by atoms with Crippen LogP contribution < -0.4 is 19.5 Å². The highest BCUT2D eigenvalue weighted by atomic mass is 32.1. The van der Waals surface area contributed by atoms with E-state index in [0.29, 0.717) is 41.6 Å². The standard InChI is InChI=1S/C20H30N2O5S/c1-5-27-18(23)12-21-20(28)22(15-8-6-7-9-15)13-14-10-16(24-2)19(26-4)17(11-14)25-3/h10-11,15H,5-9,12-13H2,1-4H3,(H,21,28). The van der Waals surface area contributed by atoms with Gasteiger partial charge < -0.3 is 29.2 Å². The Labute approximate surface area is 172 Å². The van der Waals surface area contributed by atoms with Crippen molar-refractivity contribution in [2.45, 2.75) is 45.2 Å². The minimum Gasteiger partial charge on any atom is -0.493 e. The van der Waals surface area contributed by atoms with E-state index in [2.05, 4.69) is 10.2 Å². The minimum absolute atomic E-state index is 0.0607. The summed E-state index contributed by atoms with van der Waals surface area (Å²) < 4.78 is 21.3. The van der Waals surface area contributed by atoms with Crippen LogP contribution in [0.2, 0.25) is 0 Å². The molecule has 0 amide bonds. The number of rotatable bonds is 9. The van der Waals surface area contributed by atoms with E-state index in [0.717, 1.165) is 18.4 Å². The van der Waals surface area contributed by atoms with Gasteiger partial charge in [0.1, 0.15) is 6.54 Å². The predicted octanol–water partition coefficient (Wildman–Crippen LogP) is 2.89. The number of carbonyl (C=O) groups excluding carboxylic acids is 1. The SMILES string of the molecule is CCOC(=O)CNC(=S)N(Cc1cc(OC)c(OC)c(OC)c1)C1CCCC1. The lowest BCUT2D eigenvalue weighted by Gasteiger charge is -2.32. The van der Waals surface area contributed by atoms with E-state index in [1.54, 1.807) is 28.3 Å². The first-order valence-corrected chi connectivity index (χ1v) is 9.93. The van der Waals surface area contributed by atoms with Gasteiger partial charge in [-0.25, -0.2) is 0 Å². The second kappa shape index (κ2) is 10.9. The summed E-state index contributed by atoms with van der Waals surface area (Å²) in [7, 11) is 4.78. The van der Waals surface area contributed by atoms with Crippen LogP contribution in [0.5, 0.6) is 17.2 Å². The molecule has 28 heavy (non-hydrogen) atoms. The molecule has 1 aliphatic rings. The van der Waals surface area contributed by atoms with E-state index in [9.17, 15) is 4.79 Å². The number of esters is 1. The van der Waals surface area contributed by atoms with Crippen LogP contribution >= 0.6 is 12.2 Å². The summed E-state index contributed by atoms with van der Waals surface area (Å²) in [5, 5.41) is 3.59. The lowest BCUT2D eigenvalue weighted by molar-refractivity contribution is -0.141. The van der Waals surface area contributed by atoms with Crippen molar-refractivity contribution in [2.75, 3.05) is 34.5 Å². The molecule has 1 N–H and O–H groups in total. The molecule has 7 nitrogen and oxygen atoms in total. The summed E-state index contributed by atoms with van der Waals surface area (Å²) in [6.07, 6.45) is 4.51. The molecule has 0 radical (unpaired) electrons. The zero-order valence-electron chi connectivity index (χ0n) is 17.1. The normalized spacial score (nSPS) is 13.7. The van der Waals surface area contributed by atoms with Gasteiger partial charge in [-0.3, -0.25) is 4.79 Å². The van der Waals surface area contributed by atoms with Gasteiger partial charge in [-0.15, -0.1) is 0 Å². The van der Waals surface area contributed by atoms with E-state index in [1.165, 1.54) is 12.8 Å². The fourth-order valence-electron chi connectivity index (χ4n) is 3.47. The second-order valence-corrected chi connectivity index (χ2v) is 6.95. The topological polar surface area (TPSA) is 69.3 Å². The predicted molar refractivity (Wildman–Crippen MR) is 111 cm³/mol. The van der Waals surface area contributed by atoms with Crippen LogP contribution in [0.15, 0.2) is 12.1 Å². The largest absolute Gasteiger partial charge is 0.493 e. The zero-order chi connectivity index (χ0) is 20.5. The molecule has 0 spiro atoms. The molecule has 1 saturated carbocycles. The summed E-state index contributed by atoms with van der Waals surface area (Å²) in [6.45, 7) is 2.78. The Morgan fingerprint density at radius 3 is 2.25 bits per heavy atom. The van der Waals surface area contributed by atoms with E-state index in [1.807, 2.05) is 12.1 Å². The van der Waals surface area contributed by atoms with Crippen LogP contribution in [-0.4, -0.2) is 56.5 Å². The Bertz CT molecular complexity index is 652. The zero-order valence-corrected chi connectivity index (χ0v) is 17.9. The van der Waals surface area contributed by atoms with Gasteiger partial charge >= 0.3 is 5.97 Å². The van der Waals surface area contributed by atoms with Crippen molar-refractivity contribution < 1.29 is 23.7 Å². The number of thiocarbonyl (C=S) groups is 1. The summed E-state index contributed by atoms with van der Waals surface area (Å²) >= 11 is 5.60. The maximum Gasteiger partial charge on any atom is 0.325 e. The lowest BCUT2D eigenvalue weighted by atomic mass is 10.1. The molecule has 1 fully saturated rings. The van der Waals surface area contributed by atoms with Gasteiger partial charge in [-0.1, -0.05) is 12.8 Å². The van der Waals surface area contributed by atoms with Crippen molar-refractivity contribution in [3.63, 3.8) is 0 Å². The number of nitrogens with one attached hydrogen (secondary N) is 1. The Kier molecular flexibility index (Phi) is 8.63. The van der Waals surface area contributed by atoms with Crippen molar-refractivity contribution in [3.8, 4) is 17.2 Å². The fourth-order valence-corrected chi connectivity index (χ4v) is 3.75. The molecule has 1 aromatic carbocycles. The molecule has 0 saturated heterocycles. The van der Waals surface area contributed by atoms with Crippen LogP contribution in [0.3, 0.4) is 0 Å². The van der Waals surface area contributed by atoms with Gasteiger partial charge in [0.05, 0.1) is 27.9 Å². The maximum absolute atomic E-state index is 11.7. The highest BCUT2D eigenvalue weighted by Gasteiger charge is 2.26. The first-order chi connectivity index (χ1) is 13.5. The second-order valence-electron chi connectivity index (χ2n) is 6.56. The van der Waals surface area contributed by atoms with E-state index >= 15 is 0 Å². The Balaban J connectivity index is 2.20. The first-order valence-electron chi connectivity index (χ1n) is 9.53. The molecule has 0 bridgehead atoms. The summed E-state index contributed by atoms with van der Waals surface area (Å²) in [4.78, 5) is 13.8. The van der Waals surface area contributed by atoms with E-state index in [4.69, 9.17) is 31.2 Å². The van der Waals surface area contributed by atoms with Crippen LogP contribution in [0.25, 0.3) is 0 Å². The molecule has 2 rings (SSSR count). The number of benzene rings is 1. The van der Waals surface area contributed by atoms with Gasteiger partial charge in [0.25, 0.3) is 0 Å². The number of ether oxygens (including phenoxy) is 4. The van der Waals surface area contributed by atoms with Gasteiger partial charge in [-0.05, 0) is 49.7 Å². The molecule has 1 aliphatic carbocycles. The maximum atomic E-state index is 11.7. The molecule has 0 aliphatic heterocycles. The number of hydrogen-bond donors (Lipinski definition) is 1. The quantitative estimate of drug-likeness (QED) is 0.492. The Morgan fingerprint density at radius 2 is 1.75 bits per heavy atom. The fraction of sp³-hybridized carbons (Fsp3) is 0.600. The number of carbonyl (C=O) groups is 1. The van der Waals surface area contributed by atoms with Gasteiger partial charge in [0.2, 0.25) is 5.75 Å². The highest BCUT2D eigenvalue weighted by molar-refractivity contribution is 7.80. The summed E-state index contributed by atoms with van der Waals surface area (Å²) in [6, 6.07) is 4.19. The number of hydrogen-bond acceptors (Lipinski definition) is 6. The van der Waals surface area contributed by atoms with Gasteiger partial charge in [0.15, 0.2) is 16.6 Å². The van der Waals surface area contributed by atoms with Crippen LogP contribution in [0.4, 0.5) is 0 Å². The average Bonchev–Trinajstić information content (AvgIpc) is 3.24. The van der Waals surface area contributed by atoms with Crippen molar-refractivity contribution in [1.29, 1.82) is 0 Å². The Morgan fingerprint density at radius 1 is 1.14 bits per heavy atom. The smallest absolute Gasteiger partial charge is 0.325 e. The van der Waals surface area contributed by atoms with Crippen molar-refractivity contribution in [1.82, 2.24) is 10.2 Å².